The predicted molar refractivity (Wildman–Crippen MR) is 128 cm³/mol. The topological polar surface area (TPSA) is 59.1 Å². The molecule has 1 aliphatic heterocycles. The first-order valence-electron chi connectivity index (χ1n) is 11.2. The maximum Gasteiger partial charge on any atom is 0.338 e. The number of aryl methyl sites for hydroxylation is 1. The minimum absolute atomic E-state index is 0.0787. The van der Waals surface area contributed by atoms with E-state index in [2.05, 4.69) is 0 Å². The number of hydrogen-bond acceptors (Lipinski definition) is 5. The normalized spacial score (nSPS) is 14.0. The van der Waals surface area contributed by atoms with Crippen LogP contribution in [0.1, 0.15) is 33.2 Å². The summed E-state index contributed by atoms with van der Waals surface area (Å²) in [6.07, 6.45) is 0. The van der Waals surface area contributed by atoms with E-state index in [1.54, 1.807) is 24.1 Å². The van der Waals surface area contributed by atoms with Crippen molar-refractivity contribution in [3.05, 3.63) is 89.5 Å². The molecule has 3 aromatic rings. The van der Waals surface area contributed by atoms with Gasteiger partial charge in [-0.1, -0.05) is 36.4 Å². The lowest BCUT2D eigenvalue weighted by Crippen LogP contribution is -2.52. The van der Waals surface area contributed by atoms with Gasteiger partial charge in [0.1, 0.15) is 0 Å². The van der Waals surface area contributed by atoms with Gasteiger partial charge in [0.05, 0.1) is 31.1 Å². The van der Waals surface area contributed by atoms with Crippen LogP contribution in [0.4, 0.5) is 5.69 Å². The summed E-state index contributed by atoms with van der Waals surface area (Å²) in [5, 5.41) is 3.80. The number of esters is 1. The second-order valence-corrected chi connectivity index (χ2v) is 7.85. The molecule has 0 bridgehead atoms. The lowest BCUT2D eigenvalue weighted by Gasteiger charge is -2.37. The predicted octanol–water partition coefficient (Wildman–Crippen LogP) is 4.73. The van der Waals surface area contributed by atoms with Crippen LogP contribution in [0.25, 0.3) is 11.1 Å². The Morgan fingerprint density at radius 2 is 1.64 bits per heavy atom. The van der Waals surface area contributed by atoms with Crippen molar-refractivity contribution in [2.45, 2.75) is 13.8 Å². The Balaban J connectivity index is 1.71. The van der Waals surface area contributed by atoms with Crippen molar-refractivity contribution in [2.75, 3.05) is 37.9 Å². The molecule has 0 spiro atoms. The molecule has 0 N–H and O–H groups in total. The monoisotopic (exact) mass is 444 g/mol. The number of hydrogen-bond donors (Lipinski definition) is 0. The van der Waals surface area contributed by atoms with E-state index in [0.29, 0.717) is 44.0 Å². The number of anilines is 1. The van der Waals surface area contributed by atoms with E-state index < -0.39 is 0 Å². The van der Waals surface area contributed by atoms with Gasteiger partial charge in [0.15, 0.2) is 0 Å². The summed E-state index contributed by atoms with van der Waals surface area (Å²) in [4.78, 5) is 25.6. The summed E-state index contributed by atoms with van der Waals surface area (Å²) >= 11 is 0. The van der Waals surface area contributed by atoms with Gasteiger partial charge >= 0.3 is 5.97 Å². The Bertz CT molecular complexity index is 1110. The molecule has 0 aliphatic carbocycles. The van der Waals surface area contributed by atoms with Gasteiger partial charge in [-0.2, -0.15) is 0 Å². The fraction of sp³-hybridized carbons (Fsp3) is 0.259. The van der Waals surface area contributed by atoms with Crippen LogP contribution in [-0.4, -0.2) is 49.8 Å². The number of benzene rings is 3. The van der Waals surface area contributed by atoms with Gasteiger partial charge in [0.2, 0.25) is 0 Å². The maximum atomic E-state index is 13.6. The molecule has 0 unspecified atom stereocenters. The molecule has 1 aliphatic rings. The molecule has 0 saturated carbocycles. The van der Waals surface area contributed by atoms with E-state index in [1.807, 2.05) is 72.6 Å². The fourth-order valence-electron chi connectivity index (χ4n) is 3.92. The molecule has 1 fully saturated rings. The average molecular weight is 445 g/mol. The molecular weight excluding hydrogens is 416 g/mol. The van der Waals surface area contributed by atoms with E-state index in [-0.39, 0.29) is 11.9 Å². The van der Waals surface area contributed by atoms with E-state index in [4.69, 9.17) is 9.47 Å². The number of ether oxygens (including phenoxy) is 2. The first kappa shape index (κ1) is 22.7. The van der Waals surface area contributed by atoms with Crippen LogP contribution in [0, 0.1) is 6.92 Å². The third-order valence-corrected chi connectivity index (χ3v) is 5.66. The zero-order valence-corrected chi connectivity index (χ0v) is 19.0. The molecule has 0 radical (unpaired) electrons. The van der Waals surface area contributed by atoms with Crippen LogP contribution in [0.15, 0.2) is 72.8 Å². The highest BCUT2D eigenvalue weighted by atomic mass is 16.5. The van der Waals surface area contributed by atoms with Crippen molar-refractivity contribution in [3.63, 3.8) is 0 Å². The Kier molecular flexibility index (Phi) is 7.17. The maximum absolute atomic E-state index is 13.6. The summed E-state index contributed by atoms with van der Waals surface area (Å²) < 4.78 is 10.6. The molecule has 6 nitrogen and oxygen atoms in total. The number of rotatable bonds is 6. The van der Waals surface area contributed by atoms with E-state index >= 15 is 0 Å². The molecule has 0 atom stereocenters. The Hall–Kier alpha value is -3.48. The van der Waals surface area contributed by atoms with Gasteiger partial charge in [-0.15, -0.1) is 0 Å². The Morgan fingerprint density at radius 1 is 0.939 bits per heavy atom. The van der Waals surface area contributed by atoms with Gasteiger partial charge in [-0.3, -0.25) is 4.79 Å². The number of morpholine rings is 1. The van der Waals surface area contributed by atoms with Crippen molar-refractivity contribution >= 4 is 17.6 Å². The van der Waals surface area contributed by atoms with E-state index in [0.717, 1.165) is 22.4 Å². The summed E-state index contributed by atoms with van der Waals surface area (Å²) in [6.45, 7) is 6.59. The lowest BCUT2D eigenvalue weighted by atomic mass is 9.98. The van der Waals surface area contributed by atoms with Crippen molar-refractivity contribution in [3.8, 4) is 11.1 Å². The molecular formula is C27H28N2O4. The van der Waals surface area contributed by atoms with Crippen LogP contribution in [-0.2, 0) is 9.47 Å². The highest BCUT2D eigenvalue weighted by Gasteiger charge is 2.26. The number of amides is 1. The number of hydrazine groups is 1. The lowest BCUT2D eigenvalue weighted by molar-refractivity contribution is 0.0300. The van der Waals surface area contributed by atoms with Crippen molar-refractivity contribution in [1.29, 1.82) is 0 Å². The zero-order valence-electron chi connectivity index (χ0n) is 19.0. The molecule has 3 aromatic carbocycles. The molecule has 0 aromatic heterocycles. The Morgan fingerprint density at radius 3 is 2.30 bits per heavy atom. The van der Waals surface area contributed by atoms with Gasteiger partial charge in [-0.05, 0) is 66.9 Å². The first-order chi connectivity index (χ1) is 16.1. The number of carbonyl (C=O) groups is 2. The molecule has 1 saturated heterocycles. The quantitative estimate of drug-likeness (QED) is 0.515. The summed E-state index contributed by atoms with van der Waals surface area (Å²) in [5.74, 6) is -0.411. The minimum Gasteiger partial charge on any atom is -0.462 e. The van der Waals surface area contributed by atoms with E-state index in [9.17, 15) is 9.59 Å². The molecule has 1 amide bonds. The molecule has 6 heteroatoms. The number of nitrogens with zero attached hydrogens (tertiary/aromatic N) is 2. The van der Waals surface area contributed by atoms with Crippen LogP contribution in [0.3, 0.4) is 0 Å². The highest BCUT2D eigenvalue weighted by Crippen LogP contribution is 2.30. The highest BCUT2D eigenvalue weighted by molar-refractivity contribution is 6.05. The number of carbonyl (C=O) groups excluding carboxylic acids is 2. The minimum atomic E-state index is -0.332. The smallest absolute Gasteiger partial charge is 0.338 e. The van der Waals surface area contributed by atoms with Crippen molar-refractivity contribution in [2.24, 2.45) is 0 Å². The van der Waals surface area contributed by atoms with Gasteiger partial charge in [0.25, 0.3) is 5.91 Å². The van der Waals surface area contributed by atoms with Gasteiger partial charge < -0.3 is 9.47 Å². The van der Waals surface area contributed by atoms with Crippen LogP contribution in [0.2, 0.25) is 0 Å². The van der Waals surface area contributed by atoms with Crippen molar-refractivity contribution in [1.82, 2.24) is 5.01 Å². The van der Waals surface area contributed by atoms with E-state index in [1.165, 1.54) is 0 Å². The van der Waals surface area contributed by atoms with Gasteiger partial charge in [-0.25, -0.2) is 14.8 Å². The van der Waals surface area contributed by atoms with Gasteiger partial charge in [0, 0.05) is 18.7 Å². The summed E-state index contributed by atoms with van der Waals surface area (Å²) in [6, 6.07) is 22.7. The Labute approximate surface area is 194 Å². The fourth-order valence-corrected chi connectivity index (χ4v) is 3.92. The SMILES string of the molecule is CCOC(=O)c1ccc(-c2cc(N(C(=O)c3ccccc3)N3CCOCC3)ccc2C)cc1. The third-order valence-electron chi connectivity index (χ3n) is 5.66. The molecule has 4 rings (SSSR count). The van der Waals surface area contributed by atoms with Crippen molar-refractivity contribution < 1.29 is 19.1 Å². The zero-order chi connectivity index (χ0) is 23.2. The molecule has 170 valence electrons. The second kappa shape index (κ2) is 10.4. The first-order valence-corrected chi connectivity index (χ1v) is 11.2. The average Bonchev–Trinajstić information content (AvgIpc) is 2.86. The van der Waals surface area contributed by atoms with Crippen LogP contribution >= 0.6 is 0 Å². The summed E-state index contributed by atoms with van der Waals surface area (Å²) in [5.41, 5.74) is 4.99. The summed E-state index contributed by atoms with van der Waals surface area (Å²) in [7, 11) is 0. The van der Waals surface area contributed by atoms with Crippen LogP contribution < -0.4 is 5.01 Å². The largest absolute Gasteiger partial charge is 0.462 e. The third kappa shape index (κ3) is 5.13. The standard InChI is InChI=1S/C27H28N2O4/c1-3-33-27(31)23-12-10-21(11-13-23)25-19-24(14-9-20(25)2)29(28-15-17-32-18-16-28)26(30)22-7-5-4-6-8-22/h4-14,19H,3,15-18H2,1-2H3. The molecule has 1 heterocycles. The second-order valence-electron chi connectivity index (χ2n) is 7.85. The van der Waals surface area contributed by atoms with Crippen LogP contribution in [0.5, 0.6) is 0 Å². The molecule has 33 heavy (non-hydrogen) atoms.